The zero-order chi connectivity index (χ0) is 20.1. The molecule has 0 fully saturated rings. The number of amides is 1. The molecule has 0 spiro atoms. The number of rotatable bonds is 7. The lowest BCUT2D eigenvalue weighted by atomic mass is 10.0. The van der Waals surface area contributed by atoms with Crippen molar-refractivity contribution in [1.29, 1.82) is 0 Å². The highest BCUT2D eigenvalue weighted by Crippen LogP contribution is 2.27. The van der Waals surface area contributed by atoms with Crippen LogP contribution < -0.4 is 10.1 Å². The van der Waals surface area contributed by atoms with E-state index < -0.39 is 0 Å². The highest BCUT2D eigenvalue weighted by Gasteiger charge is 2.13. The van der Waals surface area contributed by atoms with E-state index in [1.54, 1.807) is 12.5 Å². The summed E-state index contributed by atoms with van der Waals surface area (Å²) >= 11 is 0. The van der Waals surface area contributed by atoms with Gasteiger partial charge in [0.1, 0.15) is 5.75 Å². The largest absolute Gasteiger partial charge is 0.483 e. The van der Waals surface area contributed by atoms with Crippen LogP contribution in [0.25, 0.3) is 5.69 Å². The molecule has 2 aromatic carbocycles. The van der Waals surface area contributed by atoms with E-state index >= 15 is 0 Å². The summed E-state index contributed by atoms with van der Waals surface area (Å²) in [6.45, 7) is 8.23. The quantitative estimate of drug-likeness (QED) is 0.657. The summed E-state index contributed by atoms with van der Waals surface area (Å²) in [5.41, 5.74) is 4.30. The highest BCUT2D eigenvalue weighted by atomic mass is 16.5. The van der Waals surface area contributed by atoms with Crippen molar-refractivity contribution < 1.29 is 9.53 Å². The van der Waals surface area contributed by atoms with Gasteiger partial charge in [-0.25, -0.2) is 4.98 Å². The lowest BCUT2D eigenvalue weighted by Crippen LogP contribution is -2.31. The fourth-order valence-electron chi connectivity index (χ4n) is 3.10. The van der Waals surface area contributed by atoms with Crippen LogP contribution in [-0.4, -0.2) is 22.1 Å². The normalized spacial score (nSPS) is 12.0. The first kappa shape index (κ1) is 19.7. The van der Waals surface area contributed by atoms with Crippen molar-refractivity contribution in [2.45, 2.75) is 39.7 Å². The van der Waals surface area contributed by atoms with Gasteiger partial charge in [0.15, 0.2) is 6.61 Å². The molecule has 5 nitrogen and oxygen atoms in total. The van der Waals surface area contributed by atoms with Gasteiger partial charge in [-0.15, -0.1) is 0 Å². The number of aromatic nitrogens is 2. The second-order valence-corrected chi connectivity index (χ2v) is 7.34. The van der Waals surface area contributed by atoms with Crippen molar-refractivity contribution in [1.82, 2.24) is 14.9 Å². The van der Waals surface area contributed by atoms with Crippen LogP contribution in [0.1, 0.15) is 49.4 Å². The van der Waals surface area contributed by atoms with Crippen LogP contribution in [0.2, 0.25) is 0 Å². The number of hydrogen-bond donors (Lipinski definition) is 1. The first-order chi connectivity index (χ1) is 13.4. The number of carbonyl (C=O) groups is 1. The maximum Gasteiger partial charge on any atom is 0.258 e. The van der Waals surface area contributed by atoms with Crippen LogP contribution in [0.4, 0.5) is 0 Å². The Bertz CT molecular complexity index is 916. The van der Waals surface area contributed by atoms with E-state index in [0.717, 1.165) is 28.1 Å². The Kier molecular flexibility index (Phi) is 6.14. The maximum absolute atomic E-state index is 12.4. The van der Waals surface area contributed by atoms with Gasteiger partial charge in [-0.2, -0.15) is 0 Å². The number of hydrogen-bond acceptors (Lipinski definition) is 3. The molecule has 0 bridgehead atoms. The van der Waals surface area contributed by atoms with Crippen LogP contribution in [0, 0.1) is 6.92 Å². The second kappa shape index (κ2) is 8.74. The smallest absolute Gasteiger partial charge is 0.258 e. The minimum atomic E-state index is -0.137. The molecule has 1 atom stereocenters. The lowest BCUT2D eigenvalue weighted by Gasteiger charge is -2.17. The Balaban J connectivity index is 1.58. The predicted octanol–water partition coefficient (Wildman–Crippen LogP) is 4.56. The van der Waals surface area contributed by atoms with Crippen LogP contribution >= 0.6 is 0 Å². The SMILES string of the molecule is Cc1ccc(C(C)C)c(OCC(=O)N[C@@H](C)c2ccc(-n3ccnc3)cc2)c1. The number of carbonyl (C=O) groups excluding carboxylic acids is 1. The summed E-state index contributed by atoms with van der Waals surface area (Å²) in [5.74, 6) is 0.983. The molecule has 0 aliphatic rings. The minimum Gasteiger partial charge on any atom is -0.483 e. The molecule has 0 aliphatic heterocycles. The van der Waals surface area contributed by atoms with Crippen LogP contribution in [0.15, 0.2) is 61.2 Å². The second-order valence-electron chi connectivity index (χ2n) is 7.34. The fraction of sp³-hybridized carbons (Fsp3) is 0.304. The topological polar surface area (TPSA) is 56.1 Å². The molecular formula is C23H27N3O2. The van der Waals surface area contributed by atoms with E-state index in [1.807, 2.05) is 54.9 Å². The van der Waals surface area contributed by atoms with E-state index in [4.69, 9.17) is 4.74 Å². The van der Waals surface area contributed by atoms with Gasteiger partial charge < -0.3 is 14.6 Å². The standard InChI is InChI=1S/C23H27N3O2/c1-16(2)21-10-5-17(3)13-22(21)28-14-23(27)25-18(4)19-6-8-20(9-7-19)26-12-11-24-15-26/h5-13,15-16,18H,14H2,1-4H3,(H,25,27)/t18-/m0/s1. The number of aryl methyl sites for hydroxylation is 1. The van der Waals surface area contributed by atoms with E-state index in [2.05, 4.69) is 36.3 Å². The summed E-state index contributed by atoms with van der Waals surface area (Å²) in [4.78, 5) is 16.4. The van der Waals surface area contributed by atoms with E-state index in [-0.39, 0.29) is 18.6 Å². The van der Waals surface area contributed by atoms with Crippen molar-refractivity contribution in [2.24, 2.45) is 0 Å². The van der Waals surface area contributed by atoms with Gasteiger partial charge in [-0.1, -0.05) is 38.1 Å². The first-order valence-corrected chi connectivity index (χ1v) is 9.55. The molecule has 0 unspecified atom stereocenters. The monoisotopic (exact) mass is 377 g/mol. The Labute approximate surface area is 166 Å². The molecule has 1 N–H and O–H groups in total. The number of imidazole rings is 1. The van der Waals surface area contributed by atoms with Gasteiger partial charge in [0.2, 0.25) is 0 Å². The molecule has 5 heteroatoms. The molecule has 1 heterocycles. The predicted molar refractivity (Wildman–Crippen MR) is 111 cm³/mol. The van der Waals surface area contributed by atoms with E-state index in [1.165, 1.54) is 0 Å². The number of nitrogens with one attached hydrogen (secondary N) is 1. The average Bonchev–Trinajstić information content (AvgIpc) is 3.21. The van der Waals surface area contributed by atoms with Crippen molar-refractivity contribution in [2.75, 3.05) is 6.61 Å². The fourth-order valence-corrected chi connectivity index (χ4v) is 3.10. The third-order valence-corrected chi connectivity index (χ3v) is 4.72. The summed E-state index contributed by atoms with van der Waals surface area (Å²) < 4.78 is 7.76. The van der Waals surface area contributed by atoms with Crippen LogP contribution in [-0.2, 0) is 4.79 Å². The summed E-state index contributed by atoms with van der Waals surface area (Å²) in [6.07, 6.45) is 5.40. The molecule has 1 aromatic heterocycles. The van der Waals surface area contributed by atoms with Crippen molar-refractivity contribution in [3.05, 3.63) is 77.9 Å². The van der Waals surface area contributed by atoms with Crippen molar-refractivity contribution >= 4 is 5.91 Å². The minimum absolute atomic E-state index is 0.000628. The summed E-state index contributed by atoms with van der Waals surface area (Å²) in [7, 11) is 0. The van der Waals surface area contributed by atoms with Crippen LogP contribution in [0.5, 0.6) is 5.75 Å². The molecule has 0 saturated carbocycles. The molecule has 0 saturated heterocycles. The molecule has 28 heavy (non-hydrogen) atoms. The zero-order valence-corrected chi connectivity index (χ0v) is 16.8. The Morgan fingerprint density at radius 1 is 1.14 bits per heavy atom. The lowest BCUT2D eigenvalue weighted by molar-refractivity contribution is -0.123. The Hall–Kier alpha value is -3.08. The zero-order valence-electron chi connectivity index (χ0n) is 16.8. The third kappa shape index (κ3) is 4.80. The average molecular weight is 377 g/mol. The van der Waals surface area contributed by atoms with Crippen molar-refractivity contribution in [3.63, 3.8) is 0 Å². The highest BCUT2D eigenvalue weighted by molar-refractivity contribution is 5.78. The third-order valence-electron chi connectivity index (χ3n) is 4.72. The molecule has 3 aromatic rings. The van der Waals surface area contributed by atoms with E-state index in [0.29, 0.717) is 5.92 Å². The van der Waals surface area contributed by atoms with Gasteiger partial charge in [0.05, 0.1) is 12.4 Å². The summed E-state index contributed by atoms with van der Waals surface area (Å²) in [6, 6.07) is 14.1. The maximum atomic E-state index is 12.4. The van der Waals surface area contributed by atoms with Gasteiger partial charge in [-0.3, -0.25) is 4.79 Å². The molecule has 0 radical (unpaired) electrons. The van der Waals surface area contributed by atoms with Gasteiger partial charge in [0, 0.05) is 18.1 Å². The number of benzene rings is 2. The summed E-state index contributed by atoms with van der Waals surface area (Å²) in [5, 5.41) is 3.00. The molecular weight excluding hydrogens is 350 g/mol. The Morgan fingerprint density at radius 3 is 2.54 bits per heavy atom. The van der Waals surface area contributed by atoms with Gasteiger partial charge in [0.25, 0.3) is 5.91 Å². The molecule has 0 aliphatic carbocycles. The Morgan fingerprint density at radius 2 is 1.89 bits per heavy atom. The number of ether oxygens (including phenoxy) is 1. The van der Waals surface area contributed by atoms with E-state index in [9.17, 15) is 4.79 Å². The molecule has 3 rings (SSSR count). The first-order valence-electron chi connectivity index (χ1n) is 9.55. The van der Waals surface area contributed by atoms with Gasteiger partial charge in [-0.05, 0) is 54.7 Å². The van der Waals surface area contributed by atoms with Crippen molar-refractivity contribution in [3.8, 4) is 11.4 Å². The molecule has 146 valence electrons. The number of nitrogens with zero attached hydrogens (tertiary/aromatic N) is 2. The van der Waals surface area contributed by atoms with Crippen LogP contribution in [0.3, 0.4) is 0 Å². The molecule has 1 amide bonds. The van der Waals surface area contributed by atoms with Gasteiger partial charge >= 0.3 is 0 Å².